The molecule has 6 rings (SSSR count). The summed E-state index contributed by atoms with van der Waals surface area (Å²) >= 11 is 0. The van der Waals surface area contributed by atoms with E-state index in [2.05, 4.69) is 60.3 Å². The van der Waals surface area contributed by atoms with E-state index in [0.717, 1.165) is 31.2 Å². The minimum atomic E-state index is -3.25. The number of fused-ring (bicyclic) bond motifs is 7. The second-order valence-corrected chi connectivity index (χ2v) is 19.2. The van der Waals surface area contributed by atoms with Gasteiger partial charge in [0, 0.05) is 5.41 Å². The van der Waals surface area contributed by atoms with Gasteiger partial charge in [0.05, 0.1) is 10.6 Å². The van der Waals surface area contributed by atoms with Gasteiger partial charge in [-0.2, -0.15) is 0 Å². The van der Waals surface area contributed by atoms with Crippen molar-refractivity contribution in [3.63, 3.8) is 0 Å². The lowest BCUT2D eigenvalue weighted by Gasteiger charge is -2.72. The maximum absolute atomic E-state index is 13.4. The molecule has 0 amide bonds. The van der Waals surface area contributed by atoms with Gasteiger partial charge in [-0.1, -0.05) is 71.9 Å². The number of allylic oxidation sites excluding steroid dienone is 3. The van der Waals surface area contributed by atoms with Gasteiger partial charge in [0.2, 0.25) is 0 Å². The lowest BCUT2D eigenvalue weighted by atomic mass is 9.32. The molecule has 236 valence electrons. The Morgan fingerprint density at radius 1 is 0.907 bits per heavy atom. The summed E-state index contributed by atoms with van der Waals surface area (Å²) in [5, 5.41) is 0. The number of benzene rings is 1. The van der Waals surface area contributed by atoms with Gasteiger partial charge < -0.3 is 0 Å². The van der Waals surface area contributed by atoms with Crippen molar-refractivity contribution in [3.05, 3.63) is 48.1 Å². The minimum absolute atomic E-state index is 0.0481. The van der Waals surface area contributed by atoms with E-state index in [1.165, 1.54) is 43.3 Å². The van der Waals surface area contributed by atoms with E-state index in [1.807, 2.05) is 19.1 Å². The molecule has 5 aliphatic rings. The summed E-state index contributed by atoms with van der Waals surface area (Å²) in [5.74, 6) is 3.26. The summed E-state index contributed by atoms with van der Waals surface area (Å²) in [5.41, 5.74) is 4.17. The molecule has 0 spiro atoms. The van der Waals surface area contributed by atoms with E-state index >= 15 is 0 Å². The highest BCUT2D eigenvalue weighted by atomic mass is 32.2. The second kappa shape index (κ2) is 9.91. The van der Waals surface area contributed by atoms with Crippen LogP contribution in [0.1, 0.15) is 119 Å². The molecular weight excluding hydrogens is 548 g/mol. The molecule has 0 radical (unpaired) electrons. The van der Waals surface area contributed by atoms with E-state index in [-0.39, 0.29) is 32.8 Å². The van der Waals surface area contributed by atoms with Crippen LogP contribution in [0.4, 0.5) is 0 Å². The van der Waals surface area contributed by atoms with Gasteiger partial charge >= 0.3 is 0 Å². The van der Waals surface area contributed by atoms with Crippen LogP contribution < -0.4 is 0 Å². The first-order valence-electron chi connectivity index (χ1n) is 17.2. The average Bonchev–Trinajstić information content (AvgIpc) is 3.35. The Hall–Kier alpha value is -1.68. The number of rotatable bonds is 5. The molecule has 0 aromatic heterocycles. The Balaban J connectivity index is 1.38. The lowest BCUT2D eigenvalue weighted by Crippen LogP contribution is -2.65. The number of hydrogen-bond donors (Lipinski definition) is 0. The average molecular weight is 605 g/mol. The molecule has 1 aromatic carbocycles. The summed E-state index contributed by atoms with van der Waals surface area (Å²) < 4.78 is 25.5. The molecule has 4 heteroatoms. The number of carbonyl (C=O) groups excluding carboxylic acids is 1. The Morgan fingerprint density at radius 3 is 2.28 bits per heavy atom. The standard InChI is InChI=1S/C39H56O3S/c1-10-43(41,42)28-13-11-12-27(24-28)30-17-19-36(7)32(35(30,5)6)18-20-38(9)33(36)15-14-31-34-29(25(2)3)16-21-39(34,26(4)40)23-22-37(31,38)8/h11-13,17,24,29,31-34H,2,10,14-16,18-23H2,1,3-9H3/t29-,31+,32-,33+,34+,36-,37+,38+,39+/m0/s1. The Bertz CT molecular complexity index is 1480. The van der Waals surface area contributed by atoms with Crippen molar-refractivity contribution >= 4 is 21.2 Å². The van der Waals surface area contributed by atoms with Crippen LogP contribution in [-0.2, 0) is 14.6 Å². The van der Waals surface area contributed by atoms with Crippen LogP contribution in [0.3, 0.4) is 0 Å². The summed E-state index contributed by atoms with van der Waals surface area (Å²) in [6.07, 6.45) is 12.9. The zero-order valence-corrected chi connectivity index (χ0v) is 29.0. The van der Waals surface area contributed by atoms with Crippen LogP contribution in [-0.4, -0.2) is 20.0 Å². The van der Waals surface area contributed by atoms with Gasteiger partial charge in [0.25, 0.3) is 0 Å². The van der Waals surface area contributed by atoms with Gasteiger partial charge in [0.1, 0.15) is 5.78 Å². The smallest absolute Gasteiger partial charge is 0.178 e. The molecule has 3 nitrogen and oxygen atoms in total. The van der Waals surface area contributed by atoms with Gasteiger partial charge in [-0.3, -0.25) is 4.79 Å². The molecule has 4 saturated carbocycles. The normalized spacial score (nSPS) is 43.4. The van der Waals surface area contributed by atoms with Crippen molar-refractivity contribution in [3.8, 4) is 0 Å². The topological polar surface area (TPSA) is 51.2 Å². The van der Waals surface area contributed by atoms with Crippen molar-refractivity contribution in [1.82, 2.24) is 0 Å². The maximum atomic E-state index is 13.4. The molecule has 0 N–H and O–H groups in total. The van der Waals surface area contributed by atoms with Crippen molar-refractivity contribution in [2.45, 2.75) is 118 Å². The molecule has 9 atom stereocenters. The molecule has 0 heterocycles. The first-order valence-corrected chi connectivity index (χ1v) is 18.8. The van der Waals surface area contributed by atoms with Crippen LogP contribution >= 0.6 is 0 Å². The van der Waals surface area contributed by atoms with Gasteiger partial charge in [-0.15, -0.1) is 0 Å². The Labute approximate surface area is 262 Å². The van der Waals surface area contributed by atoms with Crippen molar-refractivity contribution in [1.29, 1.82) is 0 Å². The number of ketones is 1. The predicted molar refractivity (Wildman–Crippen MR) is 177 cm³/mol. The van der Waals surface area contributed by atoms with E-state index in [1.54, 1.807) is 13.0 Å². The summed E-state index contributed by atoms with van der Waals surface area (Å²) in [4.78, 5) is 13.8. The van der Waals surface area contributed by atoms with Crippen LogP contribution in [0.5, 0.6) is 0 Å². The summed E-state index contributed by atoms with van der Waals surface area (Å²) in [7, 11) is -3.25. The monoisotopic (exact) mass is 604 g/mol. The number of carbonyl (C=O) groups is 1. The van der Waals surface area contributed by atoms with Crippen LogP contribution in [0.25, 0.3) is 5.57 Å². The van der Waals surface area contributed by atoms with Crippen LogP contribution in [0, 0.1) is 56.7 Å². The van der Waals surface area contributed by atoms with E-state index in [4.69, 9.17) is 0 Å². The predicted octanol–water partition coefficient (Wildman–Crippen LogP) is 9.72. The molecule has 5 aliphatic carbocycles. The van der Waals surface area contributed by atoms with E-state index in [9.17, 15) is 13.2 Å². The largest absolute Gasteiger partial charge is 0.299 e. The first kappa shape index (κ1) is 31.3. The van der Waals surface area contributed by atoms with Gasteiger partial charge in [0.15, 0.2) is 9.84 Å². The lowest BCUT2D eigenvalue weighted by molar-refractivity contribution is -0.224. The highest BCUT2D eigenvalue weighted by molar-refractivity contribution is 7.91. The van der Waals surface area contributed by atoms with Gasteiger partial charge in [-0.25, -0.2) is 8.42 Å². The molecular formula is C39H56O3S. The molecule has 0 unspecified atom stereocenters. The minimum Gasteiger partial charge on any atom is -0.299 e. The quantitative estimate of drug-likeness (QED) is 0.314. The zero-order chi connectivity index (χ0) is 31.4. The molecule has 0 saturated heterocycles. The number of Topliss-reactive ketones (excluding diaryl/α,β-unsaturated/α-hetero) is 1. The Morgan fingerprint density at radius 2 is 1.63 bits per heavy atom. The van der Waals surface area contributed by atoms with E-state index in [0.29, 0.717) is 40.3 Å². The fourth-order valence-corrected chi connectivity index (χ4v) is 13.8. The first-order chi connectivity index (χ1) is 20.0. The maximum Gasteiger partial charge on any atom is 0.178 e. The number of hydrogen-bond acceptors (Lipinski definition) is 3. The third-order valence-corrected chi connectivity index (χ3v) is 17.0. The highest BCUT2D eigenvalue weighted by Crippen LogP contribution is 2.77. The summed E-state index contributed by atoms with van der Waals surface area (Å²) in [6, 6.07) is 7.72. The zero-order valence-electron chi connectivity index (χ0n) is 28.2. The Kier molecular flexibility index (Phi) is 7.21. The van der Waals surface area contributed by atoms with Crippen molar-refractivity contribution in [2.75, 3.05) is 5.75 Å². The second-order valence-electron chi connectivity index (χ2n) is 16.9. The molecule has 4 fully saturated rings. The van der Waals surface area contributed by atoms with Gasteiger partial charge in [-0.05, 0) is 146 Å². The fourth-order valence-electron chi connectivity index (χ4n) is 12.9. The molecule has 1 aromatic rings. The number of sulfone groups is 1. The van der Waals surface area contributed by atoms with E-state index < -0.39 is 9.84 Å². The SMILES string of the molecule is C=C(C)[C@@H]1CC[C@]2(C(C)=O)CC[C@]3(C)[C@H](CC[C@@H]4[C@@]5(C)CC=C(c6cccc(S(=O)(=O)CC)c6)C(C)(C)[C@@H]5CC[C@]43C)[C@@H]12. The summed E-state index contributed by atoms with van der Waals surface area (Å²) in [6.45, 7) is 23.0. The fraction of sp³-hybridized carbons (Fsp3) is 0.718. The van der Waals surface area contributed by atoms with Crippen molar-refractivity contribution in [2.24, 2.45) is 56.7 Å². The third kappa shape index (κ3) is 4.09. The molecule has 0 aliphatic heterocycles. The highest BCUT2D eigenvalue weighted by Gasteiger charge is 2.71. The van der Waals surface area contributed by atoms with Crippen LogP contribution in [0.15, 0.2) is 47.4 Å². The van der Waals surface area contributed by atoms with Crippen molar-refractivity contribution < 1.29 is 13.2 Å². The van der Waals surface area contributed by atoms with Crippen LogP contribution in [0.2, 0.25) is 0 Å². The third-order valence-electron chi connectivity index (χ3n) is 15.2. The molecule has 43 heavy (non-hydrogen) atoms. The molecule has 0 bridgehead atoms.